The third-order valence-corrected chi connectivity index (χ3v) is 4.71. The molecule has 1 amide bonds. The van der Waals surface area contributed by atoms with Gasteiger partial charge >= 0.3 is 5.97 Å². The molecule has 0 aliphatic heterocycles. The van der Waals surface area contributed by atoms with Crippen LogP contribution in [0.3, 0.4) is 0 Å². The average molecular weight is 433 g/mol. The molecule has 164 valence electrons. The topological polar surface area (TPSA) is 90.9 Å². The predicted octanol–water partition coefficient (Wildman–Crippen LogP) is 4.30. The Balaban J connectivity index is 1.64. The number of Topliss-reactive ketones (excluding diaryl/α,β-unsaturated/α-hetero) is 1. The van der Waals surface area contributed by atoms with Crippen molar-refractivity contribution in [3.63, 3.8) is 0 Å². The second-order valence-electron chi connectivity index (χ2n) is 6.97. The van der Waals surface area contributed by atoms with Crippen molar-refractivity contribution >= 4 is 23.3 Å². The first kappa shape index (κ1) is 22.6. The number of esters is 1. The Morgan fingerprint density at radius 1 is 0.781 bits per heavy atom. The number of hydrogen-bond donors (Lipinski definition) is 1. The SMILES string of the molecule is COc1ccc(C(=O)Nc2cccc(C(=O)OCC(=O)c3ccc(C)cc3)c2)cc1OC. The molecule has 0 aliphatic rings. The number of anilines is 1. The molecule has 7 nitrogen and oxygen atoms in total. The van der Waals surface area contributed by atoms with Crippen molar-refractivity contribution < 1.29 is 28.6 Å². The summed E-state index contributed by atoms with van der Waals surface area (Å²) >= 11 is 0. The van der Waals surface area contributed by atoms with Crippen LogP contribution in [0, 0.1) is 6.92 Å². The molecule has 0 saturated heterocycles. The molecule has 1 N–H and O–H groups in total. The zero-order chi connectivity index (χ0) is 23.1. The van der Waals surface area contributed by atoms with E-state index in [-0.39, 0.29) is 23.9 Å². The lowest BCUT2D eigenvalue weighted by molar-refractivity contribution is 0.0474. The van der Waals surface area contributed by atoms with Crippen LogP contribution in [-0.2, 0) is 4.74 Å². The molecule has 0 saturated carbocycles. The lowest BCUT2D eigenvalue weighted by atomic mass is 10.1. The minimum Gasteiger partial charge on any atom is -0.493 e. The quantitative estimate of drug-likeness (QED) is 0.421. The zero-order valence-corrected chi connectivity index (χ0v) is 18.0. The average Bonchev–Trinajstić information content (AvgIpc) is 2.82. The van der Waals surface area contributed by atoms with Crippen molar-refractivity contribution in [3.8, 4) is 11.5 Å². The van der Waals surface area contributed by atoms with Crippen LogP contribution in [0.25, 0.3) is 0 Å². The molecule has 0 radical (unpaired) electrons. The van der Waals surface area contributed by atoms with Gasteiger partial charge in [-0.05, 0) is 43.3 Å². The first-order valence-corrected chi connectivity index (χ1v) is 9.81. The van der Waals surface area contributed by atoms with E-state index >= 15 is 0 Å². The summed E-state index contributed by atoms with van der Waals surface area (Å²) in [6, 6.07) is 18.1. The van der Waals surface area contributed by atoms with Crippen LogP contribution < -0.4 is 14.8 Å². The maximum Gasteiger partial charge on any atom is 0.338 e. The Hall–Kier alpha value is -4.13. The summed E-state index contributed by atoms with van der Waals surface area (Å²) in [6.45, 7) is 1.55. The van der Waals surface area contributed by atoms with E-state index in [0.717, 1.165) is 5.56 Å². The predicted molar refractivity (Wildman–Crippen MR) is 120 cm³/mol. The second-order valence-corrected chi connectivity index (χ2v) is 6.97. The molecular formula is C25H23NO6. The third kappa shape index (κ3) is 5.51. The summed E-state index contributed by atoms with van der Waals surface area (Å²) in [5, 5.41) is 2.73. The fraction of sp³-hybridized carbons (Fsp3) is 0.160. The van der Waals surface area contributed by atoms with Crippen molar-refractivity contribution in [1.82, 2.24) is 0 Å². The third-order valence-electron chi connectivity index (χ3n) is 4.71. The molecule has 0 atom stereocenters. The number of carbonyl (C=O) groups is 3. The van der Waals surface area contributed by atoms with Gasteiger partial charge in [0.1, 0.15) is 0 Å². The number of benzene rings is 3. The lowest BCUT2D eigenvalue weighted by Crippen LogP contribution is -2.15. The molecule has 0 fully saturated rings. The van der Waals surface area contributed by atoms with Crippen molar-refractivity contribution in [2.24, 2.45) is 0 Å². The van der Waals surface area contributed by atoms with Gasteiger partial charge in [0.2, 0.25) is 0 Å². The van der Waals surface area contributed by atoms with E-state index < -0.39 is 5.97 Å². The Kier molecular flexibility index (Phi) is 7.23. The van der Waals surface area contributed by atoms with Crippen LogP contribution in [0.1, 0.15) is 36.6 Å². The van der Waals surface area contributed by atoms with Crippen LogP contribution in [0.2, 0.25) is 0 Å². The Bertz CT molecular complexity index is 1140. The zero-order valence-electron chi connectivity index (χ0n) is 18.0. The van der Waals surface area contributed by atoms with E-state index in [2.05, 4.69) is 5.32 Å². The van der Waals surface area contributed by atoms with E-state index in [9.17, 15) is 14.4 Å². The van der Waals surface area contributed by atoms with Gasteiger partial charge in [-0.15, -0.1) is 0 Å². The maximum absolute atomic E-state index is 12.6. The molecule has 0 aliphatic carbocycles. The molecule has 0 bridgehead atoms. The van der Waals surface area contributed by atoms with Gasteiger partial charge in [0.15, 0.2) is 23.9 Å². The minimum atomic E-state index is -0.660. The molecule has 0 unspecified atom stereocenters. The van der Waals surface area contributed by atoms with Gasteiger partial charge in [-0.3, -0.25) is 9.59 Å². The van der Waals surface area contributed by atoms with Crippen LogP contribution in [0.5, 0.6) is 11.5 Å². The summed E-state index contributed by atoms with van der Waals surface area (Å²) < 4.78 is 15.5. The van der Waals surface area contributed by atoms with Crippen molar-refractivity contribution in [3.05, 3.63) is 89.0 Å². The number of amides is 1. The van der Waals surface area contributed by atoms with Gasteiger partial charge in [0, 0.05) is 16.8 Å². The molecular weight excluding hydrogens is 410 g/mol. The summed E-state index contributed by atoms with van der Waals surface area (Å²) in [6.07, 6.45) is 0. The molecule has 32 heavy (non-hydrogen) atoms. The lowest BCUT2D eigenvalue weighted by Gasteiger charge is -2.11. The largest absolute Gasteiger partial charge is 0.493 e. The van der Waals surface area contributed by atoms with Crippen LogP contribution in [-0.4, -0.2) is 38.5 Å². The van der Waals surface area contributed by atoms with Crippen molar-refractivity contribution in [2.75, 3.05) is 26.1 Å². The summed E-state index contributed by atoms with van der Waals surface area (Å²) in [4.78, 5) is 37.2. The highest BCUT2D eigenvalue weighted by Gasteiger charge is 2.14. The van der Waals surface area contributed by atoms with E-state index in [1.54, 1.807) is 48.5 Å². The highest BCUT2D eigenvalue weighted by atomic mass is 16.5. The smallest absolute Gasteiger partial charge is 0.338 e. The normalized spacial score (nSPS) is 10.2. The number of nitrogens with one attached hydrogen (secondary N) is 1. The first-order chi connectivity index (χ1) is 15.4. The first-order valence-electron chi connectivity index (χ1n) is 9.81. The fourth-order valence-corrected chi connectivity index (χ4v) is 2.94. The molecule has 7 heteroatoms. The molecule has 3 aromatic carbocycles. The number of hydrogen-bond acceptors (Lipinski definition) is 6. The number of carbonyl (C=O) groups excluding carboxylic acids is 3. The van der Waals surface area contributed by atoms with E-state index in [4.69, 9.17) is 14.2 Å². The van der Waals surface area contributed by atoms with Crippen molar-refractivity contribution in [2.45, 2.75) is 6.92 Å². The van der Waals surface area contributed by atoms with Gasteiger partial charge in [-0.2, -0.15) is 0 Å². The van der Waals surface area contributed by atoms with E-state index in [1.807, 2.05) is 19.1 Å². The van der Waals surface area contributed by atoms with Crippen molar-refractivity contribution in [1.29, 1.82) is 0 Å². The van der Waals surface area contributed by atoms with Gasteiger partial charge < -0.3 is 19.5 Å². The number of rotatable bonds is 8. The summed E-state index contributed by atoms with van der Waals surface area (Å²) in [5.74, 6) is -0.403. The monoisotopic (exact) mass is 433 g/mol. The van der Waals surface area contributed by atoms with Crippen LogP contribution in [0.15, 0.2) is 66.7 Å². The Morgan fingerprint density at radius 2 is 1.47 bits per heavy atom. The standard InChI is InChI=1S/C25H23NO6/c1-16-7-9-17(10-8-16)21(27)15-32-25(29)19-5-4-6-20(13-19)26-24(28)18-11-12-22(30-2)23(14-18)31-3/h4-14H,15H2,1-3H3,(H,26,28). The van der Waals surface area contributed by atoms with E-state index in [1.165, 1.54) is 20.3 Å². The van der Waals surface area contributed by atoms with Gasteiger partial charge in [0.25, 0.3) is 5.91 Å². The molecule has 3 aromatic rings. The fourth-order valence-electron chi connectivity index (χ4n) is 2.94. The number of methoxy groups -OCH3 is 2. The minimum absolute atomic E-state index is 0.215. The molecule has 0 aromatic heterocycles. The Morgan fingerprint density at radius 3 is 2.16 bits per heavy atom. The van der Waals surface area contributed by atoms with Crippen LogP contribution >= 0.6 is 0 Å². The molecule has 3 rings (SSSR count). The molecule has 0 spiro atoms. The van der Waals surface area contributed by atoms with Crippen LogP contribution in [0.4, 0.5) is 5.69 Å². The number of aryl methyl sites for hydroxylation is 1. The summed E-state index contributed by atoms with van der Waals surface area (Å²) in [7, 11) is 2.99. The highest BCUT2D eigenvalue weighted by molar-refractivity contribution is 6.05. The Labute approximate surface area is 185 Å². The maximum atomic E-state index is 12.6. The van der Waals surface area contributed by atoms with E-state index in [0.29, 0.717) is 28.3 Å². The van der Waals surface area contributed by atoms with Gasteiger partial charge in [0.05, 0.1) is 19.8 Å². The molecule has 0 heterocycles. The van der Waals surface area contributed by atoms with Gasteiger partial charge in [-0.25, -0.2) is 4.79 Å². The van der Waals surface area contributed by atoms with Gasteiger partial charge in [-0.1, -0.05) is 35.9 Å². The number of ether oxygens (including phenoxy) is 3. The highest BCUT2D eigenvalue weighted by Crippen LogP contribution is 2.28. The summed E-state index contributed by atoms with van der Waals surface area (Å²) in [5.41, 5.74) is 2.49. The second kappa shape index (κ2) is 10.3. The number of ketones is 1.